The second kappa shape index (κ2) is 8.71. The number of amides is 1. The first-order valence-electron chi connectivity index (χ1n) is 9.83. The van der Waals surface area contributed by atoms with Gasteiger partial charge in [-0.2, -0.15) is 5.10 Å². The molecular formula is C22H26N4OS. The summed E-state index contributed by atoms with van der Waals surface area (Å²) >= 11 is 1.65. The topological polar surface area (TPSA) is 59.0 Å². The van der Waals surface area contributed by atoms with Crippen LogP contribution in [0.1, 0.15) is 38.6 Å². The van der Waals surface area contributed by atoms with Gasteiger partial charge in [0.2, 0.25) is 0 Å². The minimum absolute atomic E-state index is 0.0739. The van der Waals surface area contributed by atoms with E-state index in [4.69, 9.17) is 0 Å². The number of carbonyl (C=O) groups is 1. The van der Waals surface area contributed by atoms with E-state index in [0.717, 1.165) is 42.7 Å². The SMILES string of the molecule is Cn1nc(C(=O)NCc2cccs2)c2c1CCC(NCCc1ccccc1)C2. The summed E-state index contributed by atoms with van der Waals surface area (Å²) in [4.78, 5) is 13.9. The average Bonchev–Trinajstić information content (AvgIpc) is 3.35. The Balaban J connectivity index is 1.37. The summed E-state index contributed by atoms with van der Waals surface area (Å²) in [5.74, 6) is -0.0739. The van der Waals surface area contributed by atoms with E-state index in [9.17, 15) is 4.79 Å². The van der Waals surface area contributed by atoms with Crippen LogP contribution < -0.4 is 10.6 Å². The Morgan fingerprint density at radius 1 is 1.25 bits per heavy atom. The lowest BCUT2D eigenvalue weighted by Gasteiger charge is -2.24. The number of rotatable bonds is 7. The summed E-state index contributed by atoms with van der Waals surface area (Å²) < 4.78 is 1.88. The maximum absolute atomic E-state index is 12.7. The maximum Gasteiger partial charge on any atom is 0.272 e. The Labute approximate surface area is 169 Å². The van der Waals surface area contributed by atoms with Gasteiger partial charge in [0.05, 0.1) is 6.54 Å². The van der Waals surface area contributed by atoms with Gasteiger partial charge in [0, 0.05) is 29.2 Å². The molecular weight excluding hydrogens is 368 g/mol. The molecule has 0 aliphatic heterocycles. The second-order valence-corrected chi connectivity index (χ2v) is 8.32. The van der Waals surface area contributed by atoms with Crippen LogP contribution in [0.5, 0.6) is 0 Å². The lowest BCUT2D eigenvalue weighted by atomic mass is 9.91. The van der Waals surface area contributed by atoms with Crippen molar-refractivity contribution >= 4 is 17.2 Å². The number of nitrogens with zero attached hydrogens (tertiary/aromatic N) is 2. The fourth-order valence-electron chi connectivity index (χ4n) is 3.88. The van der Waals surface area contributed by atoms with Crippen molar-refractivity contribution in [2.75, 3.05) is 6.54 Å². The average molecular weight is 395 g/mol. The molecule has 2 N–H and O–H groups in total. The van der Waals surface area contributed by atoms with Crippen molar-refractivity contribution in [2.45, 2.75) is 38.3 Å². The molecule has 0 radical (unpaired) electrons. The molecule has 2 aromatic heterocycles. The van der Waals surface area contributed by atoms with Crippen LogP contribution in [0.25, 0.3) is 0 Å². The summed E-state index contributed by atoms with van der Waals surface area (Å²) in [5.41, 5.74) is 4.24. The van der Waals surface area contributed by atoms with E-state index < -0.39 is 0 Å². The van der Waals surface area contributed by atoms with Crippen molar-refractivity contribution in [1.82, 2.24) is 20.4 Å². The highest BCUT2D eigenvalue weighted by Crippen LogP contribution is 2.24. The van der Waals surface area contributed by atoms with Gasteiger partial charge in [-0.3, -0.25) is 9.48 Å². The molecule has 0 fully saturated rings. The molecule has 1 aliphatic rings. The van der Waals surface area contributed by atoms with E-state index in [1.54, 1.807) is 11.3 Å². The van der Waals surface area contributed by atoms with E-state index in [2.05, 4.69) is 40.0 Å². The van der Waals surface area contributed by atoms with Crippen molar-refractivity contribution in [1.29, 1.82) is 0 Å². The number of hydrogen-bond donors (Lipinski definition) is 2. The van der Waals surface area contributed by atoms with Gasteiger partial charge in [-0.15, -0.1) is 11.3 Å². The molecule has 2 heterocycles. The van der Waals surface area contributed by atoms with E-state index >= 15 is 0 Å². The van der Waals surface area contributed by atoms with E-state index in [1.165, 1.54) is 11.3 Å². The first-order chi connectivity index (χ1) is 13.7. The van der Waals surface area contributed by atoms with E-state index in [1.807, 2.05) is 35.3 Å². The summed E-state index contributed by atoms with van der Waals surface area (Å²) in [6.45, 7) is 1.50. The van der Waals surface area contributed by atoms with Crippen LogP contribution in [-0.4, -0.2) is 28.3 Å². The fourth-order valence-corrected chi connectivity index (χ4v) is 4.52. The van der Waals surface area contributed by atoms with Gasteiger partial charge in [-0.1, -0.05) is 36.4 Å². The van der Waals surface area contributed by atoms with Gasteiger partial charge in [0.25, 0.3) is 5.91 Å². The predicted octanol–water partition coefficient (Wildman–Crippen LogP) is 3.10. The number of nitrogens with one attached hydrogen (secondary N) is 2. The Kier molecular flexibility index (Phi) is 5.88. The van der Waals surface area contributed by atoms with Gasteiger partial charge in [0.15, 0.2) is 5.69 Å². The molecule has 1 aliphatic carbocycles. The lowest BCUT2D eigenvalue weighted by Crippen LogP contribution is -2.36. The van der Waals surface area contributed by atoms with Crippen molar-refractivity contribution in [3.63, 3.8) is 0 Å². The molecule has 6 heteroatoms. The molecule has 0 saturated carbocycles. The van der Waals surface area contributed by atoms with Crippen LogP contribution in [0.2, 0.25) is 0 Å². The van der Waals surface area contributed by atoms with E-state index in [-0.39, 0.29) is 5.91 Å². The number of benzene rings is 1. The van der Waals surface area contributed by atoms with Crippen LogP contribution in [0.4, 0.5) is 0 Å². The molecule has 3 aromatic rings. The maximum atomic E-state index is 12.7. The van der Waals surface area contributed by atoms with Crippen LogP contribution in [0.3, 0.4) is 0 Å². The van der Waals surface area contributed by atoms with Gasteiger partial charge in [-0.05, 0) is 49.2 Å². The summed E-state index contributed by atoms with van der Waals surface area (Å²) in [5, 5.41) is 13.3. The second-order valence-electron chi connectivity index (χ2n) is 7.29. The highest BCUT2D eigenvalue weighted by Gasteiger charge is 2.28. The largest absolute Gasteiger partial charge is 0.346 e. The number of hydrogen-bond acceptors (Lipinski definition) is 4. The predicted molar refractivity (Wildman–Crippen MR) is 113 cm³/mol. The normalized spacial score (nSPS) is 16.0. The van der Waals surface area contributed by atoms with Crippen molar-refractivity contribution in [2.24, 2.45) is 7.05 Å². The van der Waals surface area contributed by atoms with Crippen LogP contribution in [0.15, 0.2) is 47.8 Å². The minimum atomic E-state index is -0.0739. The minimum Gasteiger partial charge on any atom is -0.346 e. The monoisotopic (exact) mass is 394 g/mol. The Morgan fingerprint density at radius 3 is 2.89 bits per heavy atom. The number of aryl methyl sites for hydroxylation is 1. The lowest BCUT2D eigenvalue weighted by molar-refractivity contribution is 0.0944. The Morgan fingerprint density at radius 2 is 2.11 bits per heavy atom. The standard InChI is InChI=1S/C22H26N4OS/c1-26-20-10-9-17(23-12-11-16-6-3-2-4-7-16)14-19(20)21(25-26)22(27)24-15-18-8-5-13-28-18/h2-8,13,17,23H,9-12,14-15H2,1H3,(H,24,27). The van der Waals surface area contributed by atoms with Crippen molar-refractivity contribution < 1.29 is 4.79 Å². The molecule has 4 rings (SSSR count). The van der Waals surface area contributed by atoms with Crippen LogP contribution >= 0.6 is 11.3 Å². The summed E-state index contributed by atoms with van der Waals surface area (Å²) in [7, 11) is 1.94. The number of fused-ring (bicyclic) bond motifs is 1. The molecule has 0 saturated heterocycles. The number of aromatic nitrogens is 2. The third-order valence-electron chi connectivity index (χ3n) is 5.36. The summed E-state index contributed by atoms with van der Waals surface area (Å²) in [6.07, 6.45) is 3.92. The van der Waals surface area contributed by atoms with Crippen LogP contribution in [0, 0.1) is 0 Å². The first kappa shape index (κ1) is 18.9. The first-order valence-corrected chi connectivity index (χ1v) is 10.7. The third kappa shape index (κ3) is 4.34. The van der Waals surface area contributed by atoms with Gasteiger partial charge in [0.1, 0.15) is 0 Å². The molecule has 146 valence electrons. The molecule has 5 nitrogen and oxygen atoms in total. The third-order valence-corrected chi connectivity index (χ3v) is 6.24. The van der Waals surface area contributed by atoms with E-state index in [0.29, 0.717) is 18.3 Å². The van der Waals surface area contributed by atoms with Gasteiger partial charge < -0.3 is 10.6 Å². The summed E-state index contributed by atoms with van der Waals surface area (Å²) in [6, 6.07) is 15.0. The molecule has 1 atom stereocenters. The molecule has 0 bridgehead atoms. The highest BCUT2D eigenvalue weighted by atomic mass is 32.1. The van der Waals surface area contributed by atoms with Crippen LogP contribution in [-0.2, 0) is 32.9 Å². The zero-order valence-electron chi connectivity index (χ0n) is 16.1. The van der Waals surface area contributed by atoms with Gasteiger partial charge in [-0.25, -0.2) is 0 Å². The Hall–Kier alpha value is -2.44. The molecule has 28 heavy (non-hydrogen) atoms. The number of carbonyl (C=O) groups excluding carboxylic acids is 1. The van der Waals surface area contributed by atoms with Crippen molar-refractivity contribution in [3.8, 4) is 0 Å². The molecule has 1 amide bonds. The fraction of sp³-hybridized carbons (Fsp3) is 0.364. The zero-order chi connectivity index (χ0) is 19.3. The van der Waals surface area contributed by atoms with Crippen molar-refractivity contribution in [3.05, 3.63) is 75.2 Å². The molecule has 0 spiro atoms. The van der Waals surface area contributed by atoms with Gasteiger partial charge >= 0.3 is 0 Å². The quantitative estimate of drug-likeness (QED) is 0.647. The highest BCUT2D eigenvalue weighted by molar-refractivity contribution is 7.09. The zero-order valence-corrected chi connectivity index (χ0v) is 17.0. The smallest absolute Gasteiger partial charge is 0.272 e. The number of thiophene rings is 1. The molecule has 1 unspecified atom stereocenters. The Bertz CT molecular complexity index is 918. The molecule has 1 aromatic carbocycles.